The van der Waals surface area contributed by atoms with E-state index < -0.39 is 17.8 Å². The molecule has 2 aliphatic rings. The summed E-state index contributed by atoms with van der Waals surface area (Å²) in [7, 11) is 3.82. The highest BCUT2D eigenvalue weighted by Gasteiger charge is 2.28. The molecule has 2 aliphatic heterocycles. The number of hydrazone groups is 1. The van der Waals surface area contributed by atoms with Crippen molar-refractivity contribution in [3.63, 3.8) is 0 Å². The van der Waals surface area contributed by atoms with Crippen LogP contribution in [0, 0.1) is 5.82 Å². The first-order valence-electron chi connectivity index (χ1n) is 12.6. The van der Waals surface area contributed by atoms with Gasteiger partial charge in [0.1, 0.15) is 23.9 Å². The summed E-state index contributed by atoms with van der Waals surface area (Å²) in [5, 5.41) is 4.15. The van der Waals surface area contributed by atoms with Crippen LogP contribution in [0.15, 0.2) is 71.8 Å². The van der Waals surface area contributed by atoms with Crippen LogP contribution in [-0.2, 0) is 4.79 Å². The molecule has 3 aromatic carbocycles. The zero-order chi connectivity index (χ0) is 27.5. The molecule has 2 amide bonds. The van der Waals surface area contributed by atoms with Crippen LogP contribution in [-0.4, -0.2) is 74.1 Å². The molecule has 200 valence electrons. The Morgan fingerprint density at radius 3 is 2.41 bits per heavy atom. The molecule has 1 saturated heterocycles. The fraction of sp³-hybridized carbons (Fsp3) is 0.241. The van der Waals surface area contributed by atoms with Crippen molar-refractivity contribution in [2.45, 2.75) is 6.04 Å². The number of nitrogens with one attached hydrogen (secondary N) is 1. The number of fused-ring (bicyclic) bond motifs is 1. The number of aldehydes is 1. The van der Waals surface area contributed by atoms with Crippen LogP contribution in [0.25, 0.3) is 0 Å². The summed E-state index contributed by atoms with van der Waals surface area (Å²) in [5.41, 5.74) is 5.45. The molecule has 10 heteroatoms. The lowest BCUT2D eigenvalue weighted by atomic mass is 10.0. The second kappa shape index (κ2) is 10.9. The SMILES string of the molecule is CN(C)c1cccc(C(=O)N2CCN(C(=O)c3cc(OC4=NNC(C=O)c5ccccc54)ccc3F)CC2)c1. The Hall–Kier alpha value is -4.73. The van der Waals surface area contributed by atoms with Crippen molar-refractivity contribution in [2.24, 2.45) is 5.10 Å². The molecule has 0 aromatic heterocycles. The number of rotatable bonds is 5. The Balaban J connectivity index is 1.27. The fourth-order valence-electron chi connectivity index (χ4n) is 4.63. The highest BCUT2D eigenvalue weighted by Crippen LogP contribution is 2.25. The van der Waals surface area contributed by atoms with Crippen LogP contribution in [0.4, 0.5) is 10.1 Å². The molecule has 0 spiro atoms. The number of anilines is 1. The second-order valence-corrected chi connectivity index (χ2v) is 9.52. The van der Waals surface area contributed by atoms with Crippen LogP contribution in [0.2, 0.25) is 0 Å². The summed E-state index contributed by atoms with van der Waals surface area (Å²) in [5.74, 6) is -0.818. The zero-order valence-corrected chi connectivity index (χ0v) is 21.6. The molecule has 0 radical (unpaired) electrons. The topological polar surface area (TPSA) is 94.6 Å². The Bertz CT molecular complexity index is 1450. The molecule has 0 bridgehead atoms. The summed E-state index contributed by atoms with van der Waals surface area (Å²) < 4.78 is 20.7. The number of carbonyl (C=O) groups excluding carboxylic acids is 3. The van der Waals surface area contributed by atoms with E-state index >= 15 is 0 Å². The zero-order valence-electron chi connectivity index (χ0n) is 21.6. The van der Waals surface area contributed by atoms with E-state index in [0.29, 0.717) is 29.8 Å². The van der Waals surface area contributed by atoms with E-state index in [2.05, 4.69) is 10.5 Å². The molecule has 5 rings (SSSR count). The van der Waals surface area contributed by atoms with E-state index in [-0.39, 0.29) is 36.2 Å². The Labute approximate surface area is 225 Å². The monoisotopic (exact) mass is 529 g/mol. The van der Waals surface area contributed by atoms with E-state index in [1.807, 2.05) is 43.3 Å². The highest BCUT2D eigenvalue weighted by atomic mass is 19.1. The van der Waals surface area contributed by atoms with Gasteiger partial charge in [0.2, 0.25) is 5.90 Å². The molecule has 1 N–H and O–H groups in total. The van der Waals surface area contributed by atoms with Crippen molar-refractivity contribution in [1.82, 2.24) is 15.2 Å². The summed E-state index contributed by atoms with van der Waals surface area (Å²) in [6.45, 7) is 1.23. The minimum atomic E-state index is -0.670. The maximum atomic E-state index is 14.8. The molecule has 1 atom stereocenters. The molecule has 2 heterocycles. The first kappa shape index (κ1) is 25.9. The number of nitrogens with zero attached hydrogens (tertiary/aromatic N) is 4. The summed E-state index contributed by atoms with van der Waals surface area (Å²) >= 11 is 0. The molecule has 1 fully saturated rings. The average molecular weight is 530 g/mol. The second-order valence-electron chi connectivity index (χ2n) is 9.52. The number of carbonyl (C=O) groups is 3. The smallest absolute Gasteiger partial charge is 0.257 e. The Morgan fingerprint density at radius 1 is 0.974 bits per heavy atom. The van der Waals surface area contributed by atoms with Gasteiger partial charge in [0.15, 0.2) is 0 Å². The molecule has 0 saturated carbocycles. The van der Waals surface area contributed by atoms with Crippen molar-refractivity contribution in [1.29, 1.82) is 0 Å². The van der Waals surface area contributed by atoms with Crippen molar-refractivity contribution < 1.29 is 23.5 Å². The van der Waals surface area contributed by atoms with Crippen molar-refractivity contribution in [3.05, 3.63) is 94.8 Å². The highest BCUT2D eigenvalue weighted by molar-refractivity contribution is 6.00. The van der Waals surface area contributed by atoms with E-state index in [1.165, 1.54) is 23.1 Å². The lowest BCUT2D eigenvalue weighted by Crippen LogP contribution is -2.50. The van der Waals surface area contributed by atoms with Crippen LogP contribution < -0.4 is 15.1 Å². The predicted octanol–water partition coefficient (Wildman–Crippen LogP) is 3.07. The summed E-state index contributed by atoms with van der Waals surface area (Å²) in [6, 6.07) is 17.9. The largest absolute Gasteiger partial charge is 0.437 e. The number of halogens is 1. The number of amides is 2. The van der Waals surface area contributed by atoms with Crippen molar-refractivity contribution in [2.75, 3.05) is 45.2 Å². The van der Waals surface area contributed by atoms with Crippen LogP contribution in [0.1, 0.15) is 37.9 Å². The maximum absolute atomic E-state index is 14.8. The molecule has 9 nitrogen and oxygen atoms in total. The van der Waals surface area contributed by atoms with Gasteiger partial charge in [-0.15, -0.1) is 5.10 Å². The summed E-state index contributed by atoms with van der Waals surface area (Å²) in [6.07, 6.45) is 0.752. The van der Waals surface area contributed by atoms with Crippen molar-refractivity contribution >= 4 is 29.7 Å². The molecule has 1 unspecified atom stereocenters. The lowest BCUT2D eigenvalue weighted by molar-refractivity contribution is -0.109. The van der Waals surface area contributed by atoms with Gasteiger partial charge in [-0.25, -0.2) is 4.39 Å². The minimum Gasteiger partial charge on any atom is -0.437 e. The Morgan fingerprint density at radius 2 is 1.69 bits per heavy atom. The average Bonchev–Trinajstić information content (AvgIpc) is 2.97. The third-order valence-corrected chi connectivity index (χ3v) is 6.81. The normalized spacial score (nSPS) is 16.5. The molecular weight excluding hydrogens is 501 g/mol. The molecule has 0 aliphatic carbocycles. The lowest BCUT2D eigenvalue weighted by Gasteiger charge is -2.35. The number of piperazine rings is 1. The first-order valence-corrected chi connectivity index (χ1v) is 12.6. The van der Waals surface area contributed by atoms with Gasteiger partial charge in [0, 0.05) is 57.1 Å². The van der Waals surface area contributed by atoms with Gasteiger partial charge in [-0.3, -0.25) is 15.0 Å². The quantitative estimate of drug-likeness (QED) is 0.511. The van der Waals surface area contributed by atoms with E-state index in [0.717, 1.165) is 12.0 Å². The van der Waals surface area contributed by atoms with E-state index in [9.17, 15) is 18.8 Å². The van der Waals surface area contributed by atoms with Gasteiger partial charge in [0.05, 0.1) is 5.56 Å². The van der Waals surface area contributed by atoms with Crippen LogP contribution in [0.3, 0.4) is 0 Å². The molecule has 39 heavy (non-hydrogen) atoms. The minimum absolute atomic E-state index is 0.105. The van der Waals surface area contributed by atoms with E-state index in [1.54, 1.807) is 29.2 Å². The van der Waals surface area contributed by atoms with Gasteiger partial charge in [-0.2, -0.15) is 0 Å². The molecule has 3 aromatic rings. The van der Waals surface area contributed by atoms with Crippen LogP contribution >= 0.6 is 0 Å². The van der Waals surface area contributed by atoms with Gasteiger partial charge in [-0.05, 0) is 48.0 Å². The molecular formula is C29H28FN5O4. The third-order valence-electron chi connectivity index (χ3n) is 6.81. The van der Waals surface area contributed by atoms with Gasteiger partial charge in [-0.1, -0.05) is 24.3 Å². The standard InChI is InChI=1S/C29H28FN5O4/c1-33(2)20-7-5-6-19(16-20)28(37)34-12-14-35(15-13-34)29(38)24-17-21(10-11-25(24)30)39-27-23-9-4-3-8-22(23)26(18-36)31-32-27/h3-11,16-18,26,31H,12-15H2,1-2H3. The number of hydrogen-bond donors (Lipinski definition) is 1. The van der Waals surface area contributed by atoms with E-state index in [4.69, 9.17) is 4.74 Å². The van der Waals surface area contributed by atoms with Crippen molar-refractivity contribution in [3.8, 4) is 5.75 Å². The number of benzene rings is 3. The maximum Gasteiger partial charge on any atom is 0.257 e. The number of ether oxygens (including phenoxy) is 1. The first-order chi connectivity index (χ1) is 18.9. The van der Waals surface area contributed by atoms with Gasteiger partial charge >= 0.3 is 0 Å². The van der Waals surface area contributed by atoms with Crippen LogP contribution in [0.5, 0.6) is 5.75 Å². The Kier molecular flexibility index (Phi) is 7.27. The number of hydrogen-bond acceptors (Lipinski definition) is 7. The third kappa shape index (κ3) is 5.31. The van der Waals surface area contributed by atoms with Gasteiger partial charge < -0.3 is 24.2 Å². The predicted molar refractivity (Wildman–Crippen MR) is 145 cm³/mol. The van der Waals surface area contributed by atoms with Gasteiger partial charge in [0.25, 0.3) is 11.8 Å². The fourth-order valence-corrected chi connectivity index (χ4v) is 4.63. The summed E-state index contributed by atoms with van der Waals surface area (Å²) in [4.78, 5) is 42.8.